The van der Waals surface area contributed by atoms with Crippen LogP contribution in [0.3, 0.4) is 0 Å². The van der Waals surface area contributed by atoms with Crippen molar-refractivity contribution in [2.45, 2.75) is 33.6 Å². The van der Waals surface area contributed by atoms with E-state index in [-0.39, 0.29) is 0 Å². The number of rotatable bonds is 2. The Morgan fingerprint density at radius 2 is 1.77 bits per heavy atom. The topological polar surface area (TPSA) is 21.3 Å². The summed E-state index contributed by atoms with van der Waals surface area (Å²) in [7, 11) is 2.04. The van der Waals surface area contributed by atoms with Crippen LogP contribution in [0.15, 0.2) is 0 Å². The molecule has 1 heterocycles. The molecule has 0 aliphatic carbocycles. The van der Waals surface area contributed by atoms with E-state index in [0.717, 1.165) is 19.8 Å². The number of ether oxygens (including phenoxy) is 1. The van der Waals surface area contributed by atoms with Gasteiger partial charge in [0, 0.05) is 19.8 Å². The Morgan fingerprint density at radius 1 is 1.23 bits per heavy atom. The summed E-state index contributed by atoms with van der Waals surface area (Å²) < 4.78 is 5.44. The van der Waals surface area contributed by atoms with E-state index in [9.17, 15) is 0 Å². The van der Waals surface area contributed by atoms with E-state index in [2.05, 4.69) is 26.1 Å². The van der Waals surface area contributed by atoms with Gasteiger partial charge in [0.2, 0.25) is 0 Å². The van der Waals surface area contributed by atoms with Crippen molar-refractivity contribution in [1.82, 2.24) is 5.32 Å². The van der Waals surface area contributed by atoms with Crippen LogP contribution in [0.5, 0.6) is 0 Å². The fraction of sp³-hybridized carbons (Fsp3) is 1.00. The summed E-state index contributed by atoms with van der Waals surface area (Å²) in [6.07, 6.45) is 2.38. The van der Waals surface area contributed by atoms with Gasteiger partial charge in [-0.05, 0) is 30.7 Å². The minimum atomic E-state index is 0.375. The SMILES string of the molecule is CNCC1(C(C)(C)C)CCOCC1. The smallest absolute Gasteiger partial charge is 0.0472 e. The molecule has 0 aromatic heterocycles. The minimum absolute atomic E-state index is 0.375. The van der Waals surface area contributed by atoms with Crippen molar-refractivity contribution in [1.29, 1.82) is 0 Å². The van der Waals surface area contributed by atoms with Crippen molar-refractivity contribution >= 4 is 0 Å². The van der Waals surface area contributed by atoms with Crippen LogP contribution in [0.2, 0.25) is 0 Å². The van der Waals surface area contributed by atoms with Crippen LogP contribution in [0.4, 0.5) is 0 Å². The monoisotopic (exact) mass is 185 g/mol. The van der Waals surface area contributed by atoms with Crippen LogP contribution >= 0.6 is 0 Å². The molecule has 1 rings (SSSR count). The van der Waals surface area contributed by atoms with Crippen molar-refractivity contribution in [2.24, 2.45) is 10.8 Å². The Kier molecular flexibility index (Phi) is 3.36. The highest BCUT2D eigenvalue weighted by Gasteiger charge is 2.42. The van der Waals surface area contributed by atoms with Crippen LogP contribution in [0.25, 0.3) is 0 Å². The number of hydrogen-bond acceptors (Lipinski definition) is 2. The zero-order valence-electron chi connectivity index (χ0n) is 9.44. The van der Waals surface area contributed by atoms with Gasteiger partial charge in [0.05, 0.1) is 0 Å². The van der Waals surface area contributed by atoms with E-state index in [4.69, 9.17) is 4.74 Å². The van der Waals surface area contributed by atoms with Gasteiger partial charge >= 0.3 is 0 Å². The van der Waals surface area contributed by atoms with Gasteiger partial charge in [0.25, 0.3) is 0 Å². The summed E-state index contributed by atoms with van der Waals surface area (Å²) in [5.74, 6) is 0. The fourth-order valence-electron chi connectivity index (χ4n) is 2.29. The molecule has 1 fully saturated rings. The van der Waals surface area contributed by atoms with Crippen LogP contribution in [-0.4, -0.2) is 26.8 Å². The van der Waals surface area contributed by atoms with Gasteiger partial charge in [-0.3, -0.25) is 0 Å². The summed E-state index contributed by atoms with van der Waals surface area (Å²) in [6, 6.07) is 0. The fourth-order valence-corrected chi connectivity index (χ4v) is 2.29. The second-order valence-corrected chi connectivity index (χ2v) is 5.17. The van der Waals surface area contributed by atoms with Crippen LogP contribution in [0, 0.1) is 10.8 Å². The molecule has 1 saturated heterocycles. The van der Waals surface area contributed by atoms with Crippen LogP contribution in [0.1, 0.15) is 33.6 Å². The molecule has 0 spiro atoms. The maximum absolute atomic E-state index is 5.44. The van der Waals surface area contributed by atoms with Crippen molar-refractivity contribution in [3.05, 3.63) is 0 Å². The van der Waals surface area contributed by atoms with Gasteiger partial charge < -0.3 is 10.1 Å². The van der Waals surface area contributed by atoms with E-state index in [1.807, 2.05) is 7.05 Å². The summed E-state index contributed by atoms with van der Waals surface area (Å²) in [5.41, 5.74) is 0.805. The largest absolute Gasteiger partial charge is 0.381 e. The molecular weight excluding hydrogens is 162 g/mol. The molecule has 0 aromatic rings. The highest BCUT2D eigenvalue weighted by atomic mass is 16.5. The first kappa shape index (κ1) is 11.0. The van der Waals surface area contributed by atoms with Gasteiger partial charge in [-0.15, -0.1) is 0 Å². The predicted molar refractivity (Wildman–Crippen MR) is 55.9 cm³/mol. The first-order chi connectivity index (χ1) is 6.02. The first-order valence-electron chi connectivity index (χ1n) is 5.24. The molecule has 1 aliphatic heterocycles. The Balaban J connectivity index is 2.73. The Bertz CT molecular complexity index is 148. The molecular formula is C11H23NO. The minimum Gasteiger partial charge on any atom is -0.381 e. The molecule has 0 bridgehead atoms. The molecule has 2 heteroatoms. The third-order valence-electron chi connectivity index (χ3n) is 3.56. The van der Waals surface area contributed by atoms with Gasteiger partial charge in [0.15, 0.2) is 0 Å². The molecule has 0 unspecified atom stereocenters. The summed E-state index contributed by atoms with van der Waals surface area (Å²) in [4.78, 5) is 0. The lowest BCUT2D eigenvalue weighted by Gasteiger charge is -2.47. The van der Waals surface area contributed by atoms with Gasteiger partial charge in [-0.1, -0.05) is 20.8 Å². The zero-order chi connectivity index (χ0) is 9.95. The van der Waals surface area contributed by atoms with E-state index in [1.165, 1.54) is 12.8 Å². The summed E-state index contributed by atoms with van der Waals surface area (Å²) in [5, 5.41) is 3.33. The lowest BCUT2D eigenvalue weighted by atomic mass is 9.62. The summed E-state index contributed by atoms with van der Waals surface area (Å²) in [6.45, 7) is 10.00. The van der Waals surface area contributed by atoms with Crippen LogP contribution < -0.4 is 5.32 Å². The van der Waals surface area contributed by atoms with E-state index in [1.54, 1.807) is 0 Å². The predicted octanol–water partition coefficient (Wildman–Crippen LogP) is 2.05. The van der Waals surface area contributed by atoms with Gasteiger partial charge in [-0.25, -0.2) is 0 Å². The Labute approximate surface area is 82.0 Å². The van der Waals surface area contributed by atoms with Crippen LogP contribution in [-0.2, 0) is 4.74 Å². The Hall–Kier alpha value is -0.0800. The number of nitrogens with one attached hydrogen (secondary N) is 1. The molecule has 13 heavy (non-hydrogen) atoms. The van der Waals surface area contributed by atoms with Gasteiger partial charge in [-0.2, -0.15) is 0 Å². The number of hydrogen-bond donors (Lipinski definition) is 1. The normalized spacial score (nSPS) is 23.1. The molecule has 0 amide bonds. The third kappa shape index (κ3) is 2.23. The standard InChI is InChI=1S/C11H23NO/c1-10(2,3)11(9-12-4)5-7-13-8-6-11/h12H,5-9H2,1-4H3. The lowest BCUT2D eigenvalue weighted by Crippen LogP contribution is -2.47. The lowest BCUT2D eigenvalue weighted by molar-refractivity contribution is -0.0443. The molecule has 2 nitrogen and oxygen atoms in total. The molecule has 1 N–H and O–H groups in total. The van der Waals surface area contributed by atoms with Crippen molar-refractivity contribution in [3.8, 4) is 0 Å². The maximum Gasteiger partial charge on any atom is 0.0472 e. The highest BCUT2D eigenvalue weighted by molar-refractivity contribution is 4.93. The quantitative estimate of drug-likeness (QED) is 0.711. The molecule has 78 valence electrons. The second-order valence-electron chi connectivity index (χ2n) is 5.17. The first-order valence-corrected chi connectivity index (χ1v) is 5.24. The van der Waals surface area contributed by atoms with Crippen molar-refractivity contribution in [2.75, 3.05) is 26.8 Å². The zero-order valence-corrected chi connectivity index (χ0v) is 9.44. The second kappa shape index (κ2) is 3.97. The Morgan fingerprint density at radius 3 is 2.15 bits per heavy atom. The third-order valence-corrected chi connectivity index (χ3v) is 3.56. The molecule has 0 aromatic carbocycles. The highest BCUT2D eigenvalue weighted by Crippen LogP contribution is 2.45. The molecule has 0 saturated carbocycles. The summed E-state index contributed by atoms with van der Waals surface area (Å²) >= 11 is 0. The average Bonchev–Trinajstić information content (AvgIpc) is 2.04. The molecule has 0 atom stereocenters. The molecule has 0 radical (unpaired) electrons. The van der Waals surface area contributed by atoms with Crippen molar-refractivity contribution < 1.29 is 4.74 Å². The molecule has 1 aliphatic rings. The average molecular weight is 185 g/mol. The van der Waals surface area contributed by atoms with Gasteiger partial charge in [0.1, 0.15) is 0 Å². The maximum atomic E-state index is 5.44. The van der Waals surface area contributed by atoms with E-state index in [0.29, 0.717) is 10.8 Å². The van der Waals surface area contributed by atoms with Crippen molar-refractivity contribution in [3.63, 3.8) is 0 Å². The van der Waals surface area contributed by atoms with E-state index < -0.39 is 0 Å². The van der Waals surface area contributed by atoms with E-state index >= 15 is 0 Å².